The van der Waals surface area contributed by atoms with Crippen molar-refractivity contribution in [2.75, 3.05) is 26.2 Å². The van der Waals surface area contributed by atoms with Gasteiger partial charge in [0.2, 0.25) is 5.91 Å². The number of benzene rings is 1. The fraction of sp³-hybridized carbons (Fsp3) is 0.600. The molecule has 1 aromatic rings. The Labute approximate surface area is 149 Å². The molecule has 0 unspecified atom stereocenters. The van der Waals surface area contributed by atoms with Crippen molar-refractivity contribution in [3.63, 3.8) is 0 Å². The second kappa shape index (κ2) is 7.53. The largest absolute Gasteiger partial charge is 0.342 e. The van der Waals surface area contributed by atoms with E-state index in [1.165, 1.54) is 12.1 Å². The minimum absolute atomic E-state index is 0.156. The molecule has 4 nitrogen and oxygen atoms in total. The Kier molecular flexibility index (Phi) is 5.39. The summed E-state index contributed by atoms with van der Waals surface area (Å²) >= 11 is 0. The van der Waals surface area contributed by atoms with Crippen molar-refractivity contribution in [1.29, 1.82) is 0 Å². The SMILES string of the molecule is [C-]#[N+]C1(c2cccc(F)c2)CCC(N2CCCN(C(C)=O)CC2)CC1. The van der Waals surface area contributed by atoms with E-state index in [2.05, 4.69) is 9.74 Å². The van der Waals surface area contributed by atoms with Gasteiger partial charge in [0.1, 0.15) is 5.82 Å². The monoisotopic (exact) mass is 343 g/mol. The van der Waals surface area contributed by atoms with E-state index < -0.39 is 5.54 Å². The average Bonchev–Trinajstić information content (AvgIpc) is 2.88. The zero-order valence-corrected chi connectivity index (χ0v) is 14.9. The van der Waals surface area contributed by atoms with Gasteiger partial charge in [-0.2, -0.15) is 0 Å². The van der Waals surface area contributed by atoms with Gasteiger partial charge in [-0.15, -0.1) is 0 Å². The van der Waals surface area contributed by atoms with Gasteiger partial charge in [0.05, 0.1) is 0 Å². The molecular formula is C20H26FN3O. The predicted molar refractivity (Wildman–Crippen MR) is 95.4 cm³/mol. The Morgan fingerprint density at radius 3 is 2.64 bits per heavy atom. The van der Waals surface area contributed by atoms with Crippen molar-refractivity contribution >= 4 is 5.91 Å². The lowest BCUT2D eigenvalue weighted by molar-refractivity contribution is -0.128. The molecule has 25 heavy (non-hydrogen) atoms. The summed E-state index contributed by atoms with van der Waals surface area (Å²) in [4.78, 5) is 19.9. The Morgan fingerprint density at radius 1 is 1.24 bits per heavy atom. The van der Waals surface area contributed by atoms with E-state index >= 15 is 0 Å². The smallest absolute Gasteiger partial charge is 0.257 e. The van der Waals surface area contributed by atoms with Crippen LogP contribution >= 0.6 is 0 Å². The van der Waals surface area contributed by atoms with Crippen molar-refractivity contribution < 1.29 is 9.18 Å². The lowest BCUT2D eigenvalue weighted by atomic mass is 9.75. The van der Waals surface area contributed by atoms with E-state index in [9.17, 15) is 9.18 Å². The number of carbonyl (C=O) groups excluding carboxylic acids is 1. The van der Waals surface area contributed by atoms with Crippen molar-refractivity contribution in [3.05, 3.63) is 47.1 Å². The van der Waals surface area contributed by atoms with Gasteiger partial charge in [0.25, 0.3) is 5.54 Å². The summed E-state index contributed by atoms with van der Waals surface area (Å²) in [6, 6.07) is 7.02. The Bertz CT molecular complexity index is 661. The quantitative estimate of drug-likeness (QED) is 0.770. The maximum Gasteiger partial charge on any atom is 0.257 e. The maximum atomic E-state index is 13.6. The molecular weight excluding hydrogens is 317 g/mol. The second-order valence-corrected chi connectivity index (χ2v) is 7.28. The number of hydrogen-bond donors (Lipinski definition) is 0. The highest BCUT2D eigenvalue weighted by molar-refractivity contribution is 5.73. The number of amides is 1. The van der Waals surface area contributed by atoms with Crippen LogP contribution in [0.3, 0.4) is 0 Å². The van der Waals surface area contributed by atoms with Crippen LogP contribution in [0.25, 0.3) is 4.85 Å². The molecule has 2 fully saturated rings. The van der Waals surface area contributed by atoms with E-state index in [0.29, 0.717) is 6.04 Å². The fourth-order valence-electron chi connectivity index (χ4n) is 4.31. The van der Waals surface area contributed by atoms with Gasteiger partial charge in [0, 0.05) is 57.5 Å². The molecule has 0 aromatic heterocycles. The molecule has 3 rings (SSSR count). The molecule has 134 valence electrons. The molecule has 1 aromatic carbocycles. The molecule has 0 spiro atoms. The van der Waals surface area contributed by atoms with E-state index in [1.807, 2.05) is 11.0 Å². The lowest BCUT2D eigenvalue weighted by Crippen LogP contribution is -2.43. The molecule has 0 bridgehead atoms. The average molecular weight is 343 g/mol. The third-order valence-corrected chi connectivity index (χ3v) is 5.85. The summed E-state index contributed by atoms with van der Waals surface area (Å²) in [7, 11) is 0. The minimum Gasteiger partial charge on any atom is -0.342 e. The first-order valence-electron chi connectivity index (χ1n) is 9.18. The van der Waals surface area contributed by atoms with Gasteiger partial charge in [-0.1, -0.05) is 12.1 Å². The van der Waals surface area contributed by atoms with Gasteiger partial charge in [0.15, 0.2) is 0 Å². The number of halogens is 1. The minimum atomic E-state index is -0.574. The molecule has 1 aliphatic carbocycles. The van der Waals surface area contributed by atoms with E-state index in [-0.39, 0.29) is 11.7 Å². The third kappa shape index (κ3) is 3.85. The van der Waals surface area contributed by atoms with Gasteiger partial charge in [-0.25, -0.2) is 11.0 Å². The normalized spacial score (nSPS) is 28.2. The van der Waals surface area contributed by atoms with Crippen molar-refractivity contribution in [3.8, 4) is 0 Å². The second-order valence-electron chi connectivity index (χ2n) is 7.28. The highest BCUT2D eigenvalue weighted by Gasteiger charge is 2.44. The summed E-state index contributed by atoms with van der Waals surface area (Å²) in [6.45, 7) is 12.9. The van der Waals surface area contributed by atoms with Gasteiger partial charge < -0.3 is 9.74 Å². The van der Waals surface area contributed by atoms with E-state index in [1.54, 1.807) is 13.0 Å². The number of nitrogens with zero attached hydrogens (tertiary/aromatic N) is 3. The highest BCUT2D eigenvalue weighted by atomic mass is 19.1. The fourth-order valence-corrected chi connectivity index (χ4v) is 4.31. The molecule has 5 heteroatoms. The number of hydrogen-bond acceptors (Lipinski definition) is 2. The molecule has 0 radical (unpaired) electrons. The molecule has 1 amide bonds. The Morgan fingerprint density at radius 2 is 2.00 bits per heavy atom. The number of rotatable bonds is 2. The van der Waals surface area contributed by atoms with Crippen molar-refractivity contribution in [2.24, 2.45) is 0 Å². The zero-order chi connectivity index (χ0) is 17.9. The standard InChI is InChI=1S/C20H26FN3O/c1-16(25)23-11-4-12-24(14-13-23)19-7-9-20(22-2,10-8-19)17-5-3-6-18(21)15-17/h3,5-6,15,19H,4,7-14H2,1H3. The van der Waals surface area contributed by atoms with Crippen LogP contribution in [0.15, 0.2) is 24.3 Å². The van der Waals surface area contributed by atoms with Crippen LogP contribution in [0.5, 0.6) is 0 Å². The Hall–Kier alpha value is -1.93. The van der Waals surface area contributed by atoms with Crippen LogP contribution in [0, 0.1) is 12.4 Å². The van der Waals surface area contributed by atoms with Crippen LogP contribution in [-0.2, 0) is 10.3 Å². The van der Waals surface area contributed by atoms with Crippen molar-refractivity contribution in [1.82, 2.24) is 9.80 Å². The molecule has 0 N–H and O–H groups in total. The summed E-state index contributed by atoms with van der Waals surface area (Å²) in [6.07, 6.45) is 4.47. The van der Waals surface area contributed by atoms with Crippen LogP contribution in [0.4, 0.5) is 4.39 Å². The zero-order valence-electron chi connectivity index (χ0n) is 14.9. The summed E-state index contributed by atoms with van der Waals surface area (Å²) < 4.78 is 13.6. The third-order valence-electron chi connectivity index (χ3n) is 5.85. The number of carbonyl (C=O) groups is 1. The molecule has 1 saturated heterocycles. The maximum absolute atomic E-state index is 13.6. The Balaban J connectivity index is 1.65. The molecule has 1 saturated carbocycles. The molecule has 1 aliphatic heterocycles. The summed E-state index contributed by atoms with van der Waals surface area (Å²) in [5.41, 5.74) is 0.246. The highest BCUT2D eigenvalue weighted by Crippen LogP contribution is 2.42. The first kappa shape index (κ1) is 17.9. The lowest BCUT2D eigenvalue weighted by Gasteiger charge is -2.37. The first-order chi connectivity index (χ1) is 12.0. The summed E-state index contributed by atoms with van der Waals surface area (Å²) in [5.74, 6) is -0.108. The summed E-state index contributed by atoms with van der Waals surface area (Å²) in [5, 5.41) is 0. The molecule has 2 aliphatic rings. The topological polar surface area (TPSA) is 27.9 Å². The van der Waals surface area contributed by atoms with Crippen LogP contribution in [0.2, 0.25) is 0 Å². The van der Waals surface area contributed by atoms with Gasteiger partial charge >= 0.3 is 0 Å². The first-order valence-corrected chi connectivity index (χ1v) is 9.18. The van der Waals surface area contributed by atoms with Crippen LogP contribution in [0.1, 0.15) is 44.6 Å². The molecule has 0 atom stereocenters. The predicted octanol–water partition coefficient (Wildman–Crippen LogP) is 3.44. The van der Waals surface area contributed by atoms with E-state index in [0.717, 1.165) is 63.8 Å². The van der Waals surface area contributed by atoms with Crippen LogP contribution < -0.4 is 0 Å². The van der Waals surface area contributed by atoms with Gasteiger partial charge in [-0.3, -0.25) is 9.69 Å². The van der Waals surface area contributed by atoms with Crippen LogP contribution in [-0.4, -0.2) is 47.9 Å². The molecule has 1 heterocycles. The van der Waals surface area contributed by atoms with E-state index in [4.69, 9.17) is 6.57 Å². The van der Waals surface area contributed by atoms with Gasteiger partial charge in [-0.05, 0) is 31.4 Å². The van der Waals surface area contributed by atoms with Crippen molar-refractivity contribution in [2.45, 2.75) is 50.6 Å².